The number of sulfonamides is 2. The van der Waals surface area contributed by atoms with E-state index in [0.717, 1.165) is 44.1 Å². The molecule has 2 fully saturated rings. The normalized spacial score (nSPS) is 18.6. The van der Waals surface area contributed by atoms with Gasteiger partial charge in [-0.1, -0.05) is 37.8 Å². The first-order chi connectivity index (χ1) is 17.2. The topological polar surface area (TPSA) is 124 Å². The SMILES string of the molecule is Cc1ccc(C)c(S(=O)(=O)N(CCS(=O)(=O)N2CCNCC2)C2CCCCCC2)c1.O=C(O)C(F)(F)F. The predicted molar refractivity (Wildman–Crippen MR) is 133 cm³/mol. The average Bonchev–Trinajstić information content (AvgIpc) is 3.10. The summed E-state index contributed by atoms with van der Waals surface area (Å²) in [7, 11) is -7.28. The second-order valence-corrected chi connectivity index (χ2v) is 13.2. The summed E-state index contributed by atoms with van der Waals surface area (Å²) in [6.45, 7) is 5.83. The highest BCUT2D eigenvalue weighted by atomic mass is 32.2. The van der Waals surface area contributed by atoms with Crippen molar-refractivity contribution in [1.82, 2.24) is 13.9 Å². The first-order valence-corrected chi connectivity index (χ1v) is 15.3. The first kappa shape index (κ1) is 31.5. The third-order valence-electron chi connectivity index (χ3n) is 6.44. The van der Waals surface area contributed by atoms with Gasteiger partial charge in [0.15, 0.2) is 0 Å². The van der Waals surface area contributed by atoms with Crippen LogP contribution < -0.4 is 5.32 Å². The lowest BCUT2D eigenvalue weighted by atomic mass is 10.1. The van der Waals surface area contributed by atoms with Crippen molar-refractivity contribution in [2.75, 3.05) is 38.5 Å². The van der Waals surface area contributed by atoms with E-state index in [1.54, 1.807) is 13.0 Å². The van der Waals surface area contributed by atoms with Crippen molar-refractivity contribution in [2.45, 2.75) is 69.5 Å². The zero-order valence-electron chi connectivity index (χ0n) is 21.1. The van der Waals surface area contributed by atoms with Crippen molar-refractivity contribution in [3.05, 3.63) is 29.3 Å². The summed E-state index contributed by atoms with van der Waals surface area (Å²) in [5, 5.41) is 10.3. The van der Waals surface area contributed by atoms with Gasteiger partial charge in [0.1, 0.15) is 0 Å². The number of hydrogen-bond acceptors (Lipinski definition) is 6. The maximum Gasteiger partial charge on any atom is 0.490 e. The van der Waals surface area contributed by atoms with Crippen molar-refractivity contribution < 1.29 is 39.9 Å². The van der Waals surface area contributed by atoms with Gasteiger partial charge >= 0.3 is 12.1 Å². The van der Waals surface area contributed by atoms with Crippen LogP contribution in [-0.4, -0.2) is 87.2 Å². The Morgan fingerprint density at radius 3 is 2.11 bits per heavy atom. The molecule has 0 atom stereocenters. The van der Waals surface area contributed by atoms with Gasteiger partial charge in [0, 0.05) is 38.8 Å². The Morgan fingerprint density at radius 1 is 1.05 bits per heavy atom. The summed E-state index contributed by atoms with van der Waals surface area (Å²) in [4.78, 5) is 9.19. The van der Waals surface area contributed by atoms with E-state index in [9.17, 15) is 30.0 Å². The molecule has 1 saturated heterocycles. The van der Waals surface area contributed by atoms with Crippen molar-refractivity contribution in [2.24, 2.45) is 0 Å². The molecule has 0 aromatic heterocycles. The van der Waals surface area contributed by atoms with Crippen LogP contribution in [0.15, 0.2) is 23.1 Å². The molecule has 1 aliphatic carbocycles. The van der Waals surface area contributed by atoms with Crippen LogP contribution in [0.1, 0.15) is 49.7 Å². The third-order valence-corrected chi connectivity index (χ3v) is 10.4. The van der Waals surface area contributed by atoms with Crippen LogP contribution in [0.3, 0.4) is 0 Å². The van der Waals surface area contributed by atoms with Crippen molar-refractivity contribution in [3.63, 3.8) is 0 Å². The van der Waals surface area contributed by atoms with Gasteiger partial charge in [-0.05, 0) is 43.9 Å². The molecule has 9 nitrogen and oxygen atoms in total. The minimum atomic E-state index is -5.08. The Kier molecular flexibility index (Phi) is 11.4. The van der Waals surface area contributed by atoms with E-state index in [0.29, 0.717) is 36.6 Å². The molecule has 1 aromatic rings. The lowest BCUT2D eigenvalue weighted by Gasteiger charge is -2.32. The number of alkyl halides is 3. The average molecular weight is 572 g/mol. The van der Waals surface area contributed by atoms with Gasteiger partial charge in [-0.2, -0.15) is 21.8 Å². The molecule has 1 saturated carbocycles. The molecule has 1 aromatic carbocycles. The molecule has 2 aliphatic rings. The molecule has 1 aliphatic heterocycles. The molecule has 0 bridgehead atoms. The largest absolute Gasteiger partial charge is 0.490 e. The first-order valence-electron chi connectivity index (χ1n) is 12.2. The molecule has 0 unspecified atom stereocenters. The smallest absolute Gasteiger partial charge is 0.475 e. The van der Waals surface area contributed by atoms with Crippen molar-refractivity contribution in [3.8, 4) is 0 Å². The van der Waals surface area contributed by atoms with Crippen LogP contribution in [-0.2, 0) is 24.8 Å². The van der Waals surface area contributed by atoms with E-state index in [1.807, 2.05) is 19.1 Å². The fraction of sp³-hybridized carbons (Fsp3) is 0.696. The Bertz CT molecular complexity index is 1110. The highest BCUT2D eigenvalue weighted by Crippen LogP contribution is 2.29. The summed E-state index contributed by atoms with van der Waals surface area (Å²) in [6, 6.07) is 5.29. The number of carbonyl (C=O) groups is 1. The second-order valence-electron chi connectivity index (χ2n) is 9.30. The minimum Gasteiger partial charge on any atom is -0.475 e. The molecule has 2 N–H and O–H groups in total. The maximum atomic E-state index is 13.7. The summed E-state index contributed by atoms with van der Waals surface area (Å²) in [5.41, 5.74) is 1.58. The number of nitrogens with zero attached hydrogens (tertiary/aromatic N) is 2. The number of nitrogens with one attached hydrogen (secondary N) is 1. The number of piperazine rings is 1. The van der Waals surface area contributed by atoms with Gasteiger partial charge in [-0.3, -0.25) is 0 Å². The molecule has 1 heterocycles. The zero-order chi connectivity index (χ0) is 27.9. The summed E-state index contributed by atoms with van der Waals surface area (Å²) < 4.78 is 88.0. The Balaban J connectivity index is 0.000000604. The molecule has 0 spiro atoms. The molecule has 0 radical (unpaired) electrons. The number of halogens is 3. The zero-order valence-corrected chi connectivity index (χ0v) is 22.8. The van der Waals surface area contributed by atoms with Gasteiger partial charge in [-0.25, -0.2) is 21.6 Å². The second kappa shape index (κ2) is 13.4. The van der Waals surface area contributed by atoms with Gasteiger partial charge in [0.25, 0.3) is 0 Å². The lowest BCUT2D eigenvalue weighted by molar-refractivity contribution is -0.192. The number of carboxylic acids is 1. The molecule has 14 heteroatoms. The van der Waals surface area contributed by atoms with Crippen LogP contribution >= 0.6 is 0 Å². The number of rotatable bonds is 7. The minimum absolute atomic E-state index is 0.00659. The van der Waals surface area contributed by atoms with E-state index >= 15 is 0 Å². The van der Waals surface area contributed by atoms with E-state index < -0.39 is 32.2 Å². The maximum absolute atomic E-state index is 13.7. The standard InChI is InChI=1S/C21H35N3O4S2.C2HF3O2/c1-18-9-10-19(2)21(17-18)30(27,28)24(20-7-5-3-4-6-8-20)15-16-29(25,26)23-13-11-22-12-14-23;3-2(4,5)1(6)7/h9-10,17,20,22H,3-8,11-16H2,1-2H3;(H,6,7). The van der Waals surface area contributed by atoms with E-state index in [4.69, 9.17) is 9.90 Å². The summed E-state index contributed by atoms with van der Waals surface area (Å²) in [6.07, 6.45) is 0.664. The quantitative estimate of drug-likeness (QED) is 0.483. The van der Waals surface area contributed by atoms with E-state index in [2.05, 4.69) is 5.32 Å². The highest BCUT2D eigenvalue weighted by Gasteiger charge is 2.38. The fourth-order valence-electron chi connectivity index (χ4n) is 4.41. The third kappa shape index (κ3) is 9.20. The van der Waals surface area contributed by atoms with Gasteiger partial charge in [-0.15, -0.1) is 0 Å². The summed E-state index contributed by atoms with van der Waals surface area (Å²) in [5.74, 6) is -2.93. The van der Waals surface area contributed by atoms with Gasteiger partial charge in [0.05, 0.1) is 10.6 Å². The predicted octanol–water partition coefficient (Wildman–Crippen LogP) is 2.89. The fourth-order valence-corrected chi connectivity index (χ4v) is 7.95. The number of aliphatic carboxylic acids is 1. The monoisotopic (exact) mass is 571 g/mol. The van der Waals surface area contributed by atoms with E-state index in [-0.39, 0.29) is 18.3 Å². The van der Waals surface area contributed by atoms with E-state index in [1.165, 1.54) is 8.61 Å². The number of carboxylic acid groups (broad SMARTS) is 1. The molecular weight excluding hydrogens is 535 g/mol. The van der Waals surface area contributed by atoms with Gasteiger partial charge < -0.3 is 10.4 Å². The van der Waals surface area contributed by atoms with Crippen LogP contribution in [0.2, 0.25) is 0 Å². The number of aryl methyl sites for hydroxylation is 2. The molecule has 37 heavy (non-hydrogen) atoms. The molecular formula is C23H36F3N3O6S2. The van der Waals surface area contributed by atoms with Crippen LogP contribution in [0.25, 0.3) is 0 Å². The molecule has 212 valence electrons. The lowest BCUT2D eigenvalue weighted by Crippen LogP contribution is -2.49. The summed E-state index contributed by atoms with van der Waals surface area (Å²) >= 11 is 0. The molecule has 0 amide bonds. The Hall–Kier alpha value is -1.74. The number of benzene rings is 1. The Labute approximate surface area is 217 Å². The van der Waals surface area contributed by atoms with Crippen LogP contribution in [0.5, 0.6) is 0 Å². The molecule has 3 rings (SSSR count). The van der Waals surface area contributed by atoms with Crippen LogP contribution in [0.4, 0.5) is 13.2 Å². The Morgan fingerprint density at radius 2 is 1.59 bits per heavy atom. The van der Waals surface area contributed by atoms with Crippen LogP contribution in [0, 0.1) is 13.8 Å². The number of hydrogen-bond donors (Lipinski definition) is 2. The van der Waals surface area contributed by atoms with Gasteiger partial charge in [0.2, 0.25) is 20.0 Å². The van der Waals surface area contributed by atoms with Crippen molar-refractivity contribution in [1.29, 1.82) is 0 Å². The highest BCUT2D eigenvalue weighted by molar-refractivity contribution is 7.90. The van der Waals surface area contributed by atoms with Crippen molar-refractivity contribution >= 4 is 26.0 Å².